The first-order chi connectivity index (χ1) is 15.2. The van der Waals surface area contributed by atoms with Crippen LogP contribution in [0.25, 0.3) is 11.4 Å². The van der Waals surface area contributed by atoms with Crippen LogP contribution in [-0.2, 0) is 9.53 Å². The predicted octanol–water partition coefficient (Wildman–Crippen LogP) is 1.78. The van der Waals surface area contributed by atoms with Crippen molar-refractivity contribution in [1.29, 1.82) is 0 Å². The highest BCUT2D eigenvalue weighted by Gasteiger charge is 2.65. The molecular weight excluding hydrogens is 396 g/mol. The van der Waals surface area contributed by atoms with Gasteiger partial charge < -0.3 is 14.5 Å². The minimum absolute atomic E-state index is 0.0346. The molecule has 1 aromatic heterocycles. The highest BCUT2D eigenvalue weighted by atomic mass is 16.5. The van der Waals surface area contributed by atoms with E-state index in [2.05, 4.69) is 20.6 Å². The lowest BCUT2D eigenvalue weighted by Gasteiger charge is -2.32. The van der Waals surface area contributed by atoms with Gasteiger partial charge in [-0.15, -0.1) is 10.2 Å². The van der Waals surface area contributed by atoms with E-state index >= 15 is 0 Å². The Labute approximate surface area is 178 Å². The standard InChI is InChI=1S/C22H20N6O3/c29-19-12-18-22(28(19)13-17(31-22)14-6-2-1-3-7-14)10-11-27(18)21(30)16-9-5-4-8-15(16)20-23-25-26-24-20/h1-9,17-18H,10-13H2,(H,23,24,25,26)/t17-,18+,22-/m0/s1. The Morgan fingerprint density at radius 2 is 1.94 bits per heavy atom. The van der Waals surface area contributed by atoms with Gasteiger partial charge in [-0.05, 0) is 16.8 Å². The van der Waals surface area contributed by atoms with E-state index in [0.717, 1.165) is 5.56 Å². The zero-order valence-electron chi connectivity index (χ0n) is 16.6. The van der Waals surface area contributed by atoms with Crippen LogP contribution >= 0.6 is 0 Å². The highest BCUT2D eigenvalue weighted by molar-refractivity contribution is 6.01. The maximum atomic E-state index is 13.6. The fraction of sp³-hybridized carbons (Fsp3) is 0.318. The summed E-state index contributed by atoms with van der Waals surface area (Å²) in [4.78, 5) is 30.1. The van der Waals surface area contributed by atoms with E-state index in [4.69, 9.17) is 4.74 Å². The quantitative estimate of drug-likeness (QED) is 0.698. The average Bonchev–Trinajstić information content (AvgIpc) is 3.57. The van der Waals surface area contributed by atoms with Crippen LogP contribution < -0.4 is 0 Å². The average molecular weight is 416 g/mol. The van der Waals surface area contributed by atoms with Crippen molar-refractivity contribution in [2.75, 3.05) is 13.1 Å². The molecule has 1 spiro atoms. The van der Waals surface area contributed by atoms with E-state index in [0.29, 0.717) is 36.5 Å². The summed E-state index contributed by atoms with van der Waals surface area (Å²) in [5.41, 5.74) is 1.39. The summed E-state index contributed by atoms with van der Waals surface area (Å²) in [5, 5.41) is 14.1. The second-order valence-electron chi connectivity index (χ2n) is 8.12. The van der Waals surface area contributed by atoms with Crippen molar-refractivity contribution in [2.24, 2.45) is 0 Å². The molecule has 2 aromatic carbocycles. The van der Waals surface area contributed by atoms with E-state index < -0.39 is 5.72 Å². The van der Waals surface area contributed by atoms with Crippen LogP contribution in [0, 0.1) is 0 Å². The van der Waals surface area contributed by atoms with Crippen LogP contribution in [0.1, 0.15) is 34.9 Å². The first-order valence-electron chi connectivity index (χ1n) is 10.3. The van der Waals surface area contributed by atoms with Gasteiger partial charge in [0, 0.05) is 18.5 Å². The Morgan fingerprint density at radius 1 is 1.13 bits per heavy atom. The second kappa shape index (κ2) is 6.71. The number of ether oxygens (including phenoxy) is 1. The number of nitrogens with zero attached hydrogens (tertiary/aromatic N) is 5. The number of amides is 2. The number of hydrogen-bond acceptors (Lipinski definition) is 6. The van der Waals surface area contributed by atoms with Crippen molar-refractivity contribution in [3.8, 4) is 11.4 Å². The lowest BCUT2D eigenvalue weighted by atomic mass is 10.0. The van der Waals surface area contributed by atoms with Crippen LogP contribution in [0.4, 0.5) is 0 Å². The van der Waals surface area contributed by atoms with Gasteiger partial charge in [-0.1, -0.05) is 48.5 Å². The number of benzene rings is 2. The van der Waals surface area contributed by atoms with Gasteiger partial charge in [0.15, 0.2) is 5.72 Å². The van der Waals surface area contributed by atoms with Crippen molar-refractivity contribution in [1.82, 2.24) is 30.4 Å². The van der Waals surface area contributed by atoms with Gasteiger partial charge in [-0.3, -0.25) is 9.59 Å². The SMILES string of the molecule is O=C(c1ccccc1-c1nn[nH]n1)N1CC[C@@]23O[C@H](c4ccccc4)CN2C(=O)C[C@@H]13. The molecule has 3 aromatic rings. The minimum atomic E-state index is -0.756. The van der Waals surface area contributed by atoms with Gasteiger partial charge in [0.05, 0.1) is 24.6 Å². The predicted molar refractivity (Wildman–Crippen MR) is 108 cm³/mol. The van der Waals surface area contributed by atoms with Gasteiger partial charge in [0.1, 0.15) is 6.10 Å². The zero-order valence-corrected chi connectivity index (χ0v) is 16.6. The number of aromatic amines is 1. The topological polar surface area (TPSA) is 104 Å². The molecule has 0 saturated carbocycles. The van der Waals surface area contributed by atoms with Gasteiger partial charge in [0.25, 0.3) is 5.91 Å². The van der Waals surface area contributed by atoms with Gasteiger partial charge in [0.2, 0.25) is 11.7 Å². The van der Waals surface area contributed by atoms with Crippen molar-refractivity contribution in [3.05, 3.63) is 65.7 Å². The number of likely N-dealkylation sites (tertiary alicyclic amines) is 1. The summed E-state index contributed by atoms with van der Waals surface area (Å²) in [6.07, 6.45) is 0.690. The molecule has 9 heteroatoms. The van der Waals surface area contributed by atoms with Crippen molar-refractivity contribution in [2.45, 2.75) is 30.7 Å². The Kier molecular flexibility index (Phi) is 3.94. The third-order valence-electron chi connectivity index (χ3n) is 6.60. The molecule has 31 heavy (non-hydrogen) atoms. The zero-order chi connectivity index (χ0) is 21.0. The lowest BCUT2D eigenvalue weighted by Crippen LogP contribution is -2.48. The fourth-order valence-electron chi connectivity index (χ4n) is 5.20. The lowest BCUT2D eigenvalue weighted by molar-refractivity contribution is -0.138. The molecule has 3 fully saturated rings. The maximum absolute atomic E-state index is 13.6. The number of carbonyl (C=O) groups is 2. The first kappa shape index (κ1) is 18.2. The van der Waals surface area contributed by atoms with Crippen molar-refractivity contribution in [3.63, 3.8) is 0 Å². The minimum Gasteiger partial charge on any atom is -0.343 e. The third kappa shape index (κ3) is 2.63. The molecular formula is C22H20N6O3. The van der Waals surface area contributed by atoms with E-state index in [9.17, 15) is 9.59 Å². The van der Waals surface area contributed by atoms with E-state index in [1.165, 1.54) is 0 Å². The Morgan fingerprint density at radius 3 is 2.74 bits per heavy atom. The summed E-state index contributed by atoms with van der Waals surface area (Å²) in [6.45, 7) is 1.04. The molecule has 1 N–H and O–H groups in total. The van der Waals surface area contributed by atoms with E-state index in [1.807, 2.05) is 47.4 Å². The van der Waals surface area contributed by atoms with Crippen LogP contribution in [0.3, 0.4) is 0 Å². The Hall–Kier alpha value is -3.59. The molecule has 4 heterocycles. The number of nitrogens with one attached hydrogen (secondary N) is 1. The van der Waals surface area contributed by atoms with Crippen LogP contribution in [0.5, 0.6) is 0 Å². The van der Waals surface area contributed by atoms with E-state index in [-0.39, 0.29) is 30.4 Å². The number of carbonyl (C=O) groups excluding carboxylic acids is 2. The summed E-state index contributed by atoms with van der Waals surface area (Å²) in [5.74, 6) is 0.249. The number of aromatic nitrogens is 4. The monoisotopic (exact) mass is 416 g/mol. The molecule has 0 bridgehead atoms. The van der Waals surface area contributed by atoms with Crippen molar-refractivity contribution < 1.29 is 14.3 Å². The van der Waals surface area contributed by atoms with Crippen LogP contribution in [0.15, 0.2) is 54.6 Å². The fourth-order valence-corrected chi connectivity index (χ4v) is 5.20. The molecule has 0 aliphatic carbocycles. The molecule has 3 aliphatic heterocycles. The summed E-state index contributed by atoms with van der Waals surface area (Å²) < 4.78 is 6.54. The molecule has 3 atom stereocenters. The van der Waals surface area contributed by atoms with Crippen LogP contribution in [-0.4, -0.2) is 67.1 Å². The molecule has 3 saturated heterocycles. The second-order valence-corrected chi connectivity index (χ2v) is 8.12. The number of rotatable bonds is 3. The maximum Gasteiger partial charge on any atom is 0.255 e. The molecule has 3 aliphatic rings. The summed E-state index contributed by atoms with van der Waals surface area (Å²) in [7, 11) is 0. The smallest absolute Gasteiger partial charge is 0.255 e. The van der Waals surface area contributed by atoms with Gasteiger partial charge in [-0.25, -0.2) is 0 Å². The molecule has 6 rings (SSSR count). The Balaban J connectivity index is 1.33. The summed E-state index contributed by atoms with van der Waals surface area (Å²) >= 11 is 0. The number of tetrazole rings is 1. The first-order valence-corrected chi connectivity index (χ1v) is 10.3. The van der Waals surface area contributed by atoms with E-state index in [1.54, 1.807) is 17.0 Å². The molecule has 0 unspecified atom stereocenters. The van der Waals surface area contributed by atoms with Crippen molar-refractivity contribution >= 4 is 11.8 Å². The molecule has 2 amide bonds. The third-order valence-corrected chi connectivity index (χ3v) is 6.60. The number of H-pyrrole nitrogens is 1. The molecule has 9 nitrogen and oxygen atoms in total. The van der Waals surface area contributed by atoms with Gasteiger partial charge in [-0.2, -0.15) is 5.21 Å². The largest absolute Gasteiger partial charge is 0.343 e. The Bertz CT molecular complexity index is 1150. The number of hydrogen-bond donors (Lipinski definition) is 1. The normalized spacial score (nSPS) is 26.9. The van der Waals surface area contributed by atoms with Crippen LogP contribution in [0.2, 0.25) is 0 Å². The highest BCUT2D eigenvalue weighted by Crippen LogP contribution is 2.51. The summed E-state index contributed by atoms with van der Waals surface area (Å²) in [6, 6.07) is 16.8. The van der Waals surface area contributed by atoms with Gasteiger partial charge >= 0.3 is 0 Å². The molecule has 156 valence electrons. The molecule has 0 radical (unpaired) electrons.